The van der Waals surface area contributed by atoms with E-state index in [1.807, 2.05) is 0 Å². The Hall–Kier alpha value is -1.10. The molecular weight excluding hydrogens is 279 g/mol. The molecule has 1 atom stereocenters. The highest BCUT2D eigenvalue weighted by Crippen LogP contribution is 2.34. The Balaban J connectivity index is 2.29. The van der Waals surface area contributed by atoms with Gasteiger partial charge in [-0.1, -0.05) is 6.07 Å². The molecule has 1 unspecified atom stereocenters. The molecule has 1 aliphatic heterocycles. The number of rotatable bonds is 1. The third kappa shape index (κ3) is 1.91. The van der Waals surface area contributed by atoms with Crippen molar-refractivity contribution in [3.05, 3.63) is 28.0 Å². The molecule has 0 N–H and O–H groups in total. The van der Waals surface area contributed by atoms with Gasteiger partial charge < -0.3 is 9.47 Å². The van der Waals surface area contributed by atoms with Gasteiger partial charge in [0, 0.05) is 0 Å². The van der Waals surface area contributed by atoms with Crippen LogP contribution in [0.1, 0.15) is 5.56 Å². The fraction of sp³-hybridized carbons (Fsp3) is 0.364. The molecule has 1 heterocycles. The quantitative estimate of drug-likeness (QED) is 0.744. The van der Waals surface area contributed by atoms with Crippen molar-refractivity contribution in [2.24, 2.45) is 5.92 Å². The standard InChI is InChI=1S/C11H10BrFO3/c1-15-11(14)7-4-6-2-3-8(12)9(13)10(6)16-5-7/h2-3,7H,4-5H2,1H3. The van der Waals surface area contributed by atoms with Crippen LogP contribution in [0.2, 0.25) is 0 Å². The number of fused-ring (bicyclic) bond motifs is 1. The smallest absolute Gasteiger partial charge is 0.312 e. The third-order valence-electron chi connectivity index (χ3n) is 2.56. The summed E-state index contributed by atoms with van der Waals surface area (Å²) < 4.78 is 23.9. The van der Waals surface area contributed by atoms with Crippen LogP contribution in [0.15, 0.2) is 16.6 Å². The Labute approximate surface area is 101 Å². The van der Waals surface area contributed by atoms with E-state index in [-0.39, 0.29) is 24.2 Å². The second-order valence-electron chi connectivity index (χ2n) is 3.58. The number of ether oxygens (including phenoxy) is 2. The van der Waals surface area contributed by atoms with Gasteiger partial charge in [0.05, 0.1) is 17.5 Å². The van der Waals surface area contributed by atoms with Gasteiger partial charge in [-0.25, -0.2) is 4.39 Å². The minimum atomic E-state index is -0.416. The van der Waals surface area contributed by atoms with Crippen LogP contribution in [0.25, 0.3) is 0 Å². The van der Waals surface area contributed by atoms with Crippen molar-refractivity contribution in [2.45, 2.75) is 6.42 Å². The molecule has 0 fully saturated rings. The highest BCUT2D eigenvalue weighted by atomic mass is 79.9. The van der Waals surface area contributed by atoms with Crippen LogP contribution in [0.3, 0.4) is 0 Å². The Morgan fingerprint density at radius 1 is 1.62 bits per heavy atom. The average molecular weight is 289 g/mol. The van der Waals surface area contributed by atoms with Crippen LogP contribution in [-0.4, -0.2) is 19.7 Å². The zero-order valence-electron chi connectivity index (χ0n) is 8.63. The summed E-state index contributed by atoms with van der Waals surface area (Å²) >= 11 is 3.09. The first kappa shape index (κ1) is 11.4. The zero-order valence-corrected chi connectivity index (χ0v) is 10.2. The highest BCUT2D eigenvalue weighted by Gasteiger charge is 2.28. The van der Waals surface area contributed by atoms with Crippen LogP contribution in [0, 0.1) is 11.7 Å². The molecule has 0 aliphatic carbocycles. The van der Waals surface area contributed by atoms with Crippen LogP contribution in [0.5, 0.6) is 5.75 Å². The summed E-state index contributed by atoms with van der Waals surface area (Å²) in [5.41, 5.74) is 0.697. The van der Waals surface area contributed by atoms with Crippen molar-refractivity contribution in [3.8, 4) is 5.75 Å². The van der Waals surface area contributed by atoms with Crippen LogP contribution in [-0.2, 0) is 16.0 Å². The number of hydrogen-bond donors (Lipinski definition) is 0. The van der Waals surface area contributed by atoms with E-state index in [9.17, 15) is 9.18 Å². The summed E-state index contributed by atoms with van der Waals surface area (Å²) in [5, 5.41) is 0. The van der Waals surface area contributed by atoms with Gasteiger partial charge in [-0.15, -0.1) is 0 Å². The lowest BCUT2D eigenvalue weighted by molar-refractivity contribution is -0.146. The third-order valence-corrected chi connectivity index (χ3v) is 3.17. The molecule has 0 spiro atoms. The van der Waals surface area contributed by atoms with Crippen molar-refractivity contribution in [2.75, 3.05) is 13.7 Å². The number of hydrogen-bond acceptors (Lipinski definition) is 3. The van der Waals surface area contributed by atoms with Gasteiger partial charge >= 0.3 is 5.97 Å². The first-order valence-electron chi connectivity index (χ1n) is 4.81. The molecule has 0 aromatic heterocycles. The van der Waals surface area contributed by atoms with E-state index in [0.717, 1.165) is 0 Å². The molecule has 3 nitrogen and oxygen atoms in total. The average Bonchev–Trinajstić information content (AvgIpc) is 2.32. The van der Waals surface area contributed by atoms with Gasteiger partial charge in [-0.2, -0.15) is 0 Å². The van der Waals surface area contributed by atoms with E-state index in [2.05, 4.69) is 20.7 Å². The molecule has 0 bridgehead atoms. The van der Waals surface area contributed by atoms with Crippen molar-refractivity contribution >= 4 is 21.9 Å². The number of methoxy groups -OCH3 is 1. The molecular formula is C11H10BrFO3. The van der Waals surface area contributed by atoms with E-state index >= 15 is 0 Å². The number of esters is 1. The minimum Gasteiger partial charge on any atom is -0.489 e. The monoisotopic (exact) mass is 288 g/mol. The summed E-state index contributed by atoms with van der Waals surface area (Å²) in [7, 11) is 1.33. The molecule has 0 radical (unpaired) electrons. The summed E-state index contributed by atoms with van der Waals surface area (Å²) in [5.74, 6) is -0.859. The van der Waals surface area contributed by atoms with E-state index in [0.29, 0.717) is 16.5 Å². The molecule has 5 heteroatoms. The maximum Gasteiger partial charge on any atom is 0.312 e. The molecule has 1 aromatic carbocycles. The first-order valence-corrected chi connectivity index (χ1v) is 5.60. The Morgan fingerprint density at radius 2 is 2.38 bits per heavy atom. The van der Waals surface area contributed by atoms with Crippen molar-refractivity contribution in [1.82, 2.24) is 0 Å². The van der Waals surface area contributed by atoms with Crippen molar-refractivity contribution in [1.29, 1.82) is 0 Å². The molecule has 0 saturated carbocycles. The molecule has 2 rings (SSSR count). The van der Waals surface area contributed by atoms with E-state index in [4.69, 9.17) is 4.74 Å². The zero-order chi connectivity index (χ0) is 11.7. The van der Waals surface area contributed by atoms with Gasteiger partial charge in [0.2, 0.25) is 0 Å². The Morgan fingerprint density at radius 3 is 3.06 bits per heavy atom. The number of carbonyl (C=O) groups excluding carboxylic acids is 1. The first-order chi connectivity index (χ1) is 7.63. The normalized spacial score (nSPS) is 18.6. The lowest BCUT2D eigenvalue weighted by Gasteiger charge is -2.24. The van der Waals surface area contributed by atoms with Gasteiger partial charge in [0.15, 0.2) is 11.6 Å². The molecule has 1 aromatic rings. The van der Waals surface area contributed by atoms with E-state index in [1.165, 1.54) is 7.11 Å². The van der Waals surface area contributed by atoms with E-state index < -0.39 is 5.82 Å². The summed E-state index contributed by atoms with van der Waals surface area (Å²) in [6.07, 6.45) is 0.451. The van der Waals surface area contributed by atoms with Crippen molar-refractivity contribution < 1.29 is 18.7 Å². The second kappa shape index (κ2) is 4.41. The number of benzene rings is 1. The van der Waals surface area contributed by atoms with Gasteiger partial charge in [-0.05, 0) is 34.0 Å². The molecule has 0 amide bonds. The van der Waals surface area contributed by atoms with Crippen LogP contribution in [0.4, 0.5) is 4.39 Å². The Kier molecular flexibility index (Phi) is 3.14. The largest absolute Gasteiger partial charge is 0.489 e. The van der Waals surface area contributed by atoms with Crippen molar-refractivity contribution in [3.63, 3.8) is 0 Å². The Bertz CT molecular complexity index is 433. The maximum atomic E-state index is 13.6. The molecule has 86 valence electrons. The fourth-order valence-electron chi connectivity index (χ4n) is 1.72. The number of halogens is 2. The minimum absolute atomic E-state index is 0.160. The van der Waals surface area contributed by atoms with Gasteiger partial charge in [-0.3, -0.25) is 4.79 Å². The van der Waals surface area contributed by atoms with Gasteiger partial charge in [0.25, 0.3) is 0 Å². The fourth-order valence-corrected chi connectivity index (χ4v) is 2.03. The maximum absolute atomic E-state index is 13.6. The van der Waals surface area contributed by atoms with E-state index in [1.54, 1.807) is 12.1 Å². The highest BCUT2D eigenvalue weighted by molar-refractivity contribution is 9.10. The molecule has 0 saturated heterocycles. The lowest BCUT2D eigenvalue weighted by atomic mass is 9.97. The topological polar surface area (TPSA) is 35.5 Å². The lowest BCUT2D eigenvalue weighted by Crippen LogP contribution is -2.29. The summed E-state index contributed by atoms with van der Waals surface area (Å²) in [6.45, 7) is 0.160. The van der Waals surface area contributed by atoms with Crippen LogP contribution >= 0.6 is 15.9 Å². The molecule has 1 aliphatic rings. The summed E-state index contributed by atoms with van der Waals surface area (Å²) in [4.78, 5) is 11.3. The predicted molar refractivity (Wildman–Crippen MR) is 58.8 cm³/mol. The van der Waals surface area contributed by atoms with Crippen LogP contribution < -0.4 is 4.74 Å². The SMILES string of the molecule is COC(=O)C1COc2c(ccc(Br)c2F)C1. The predicted octanol–water partition coefficient (Wildman–Crippen LogP) is 2.31. The molecule has 16 heavy (non-hydrogen) atoms. The number of carbonyl (C=O) groups is 1. The summed E-state index contributed by atoms with van der Waals surface area (Å²) in [6, 6.07) is 3.36. The second-order valence-corrected chi connectivity index (χ2v) is 4.44. The van der Waals surface area contributed by atoms with Gasteiger partial charge in [0.1, 0.15) is 6.61 Å².